The fraction of sp³-hybridized carbons (Fsp3) is 0.222. The van der Waals surface area contributed by atoms with Crippen LogP contribution in [0.25, 0.3) is 0 Å². The zero-order valence-electron chi connectivity index (χ0n) is 7.35. The van der Waals surface area contributed by atoms with Crippen LogP contribution in [0.2, 0.25) is 10.0 Å². The van der Waals surface area contributed by atoms with E-state index in [4.69, 9.17) is 34.8 Å². The molecule has 0 aliphatic heterocycles. The van der Waals surface area contributed by atoms with Gasteiger partial charge in [0.1, 0.15) is 5.38 Å². The van der Waals surface area contributed by atoms with Crippen LogP contribution in [0.15, 0.2) is 18.2 Å². The third kappa shape index (κ3) is 2.32. The van der Waals surface area contributed by atoms with Crippen molar-refractivity contribution in [3.63, 3.8) is 0 Å². The van der Waals surface area contributed by atoms with Crippen LogP contribution in [0.3, 0.4) is 0 Å². The molecule has 5 heteroatoms. The van der Waals surface area contributed by atoms with Crippen molar-refractivity contribution in [2.45, 2.75) is 5.38 Å². The van der Waals surface area contributed by atoms with E-state index in [1.54, 1.807) is 18.2 Å². The minimum Gasteiger partial charge on any atom is -0.358 e. The molecule has 2 nitrogen and oxygen atoms in total. The quantitative estimate of drug-likeness (QED) is 0.806. The maximum atomic E-state index is 11.2. The van der Waals surface area contributed by atoms with Crippen LogP contribution in [0, 0.1) is 0 Å². The van der Waals surface area contributed by atoms with Crippen molar-refractivity contribution in [2.75, 3.05) is 7.05 Å². The molecule has 0 aliphatic carbocycles. The molecule has 1 amide bonds. The van der Waals surface area contributed by atoms with Gasteiger partial charge in [-0.1, -0.05) is 35.3 Å². The largest absolute Gasteiger partial charge is 0.358 e. The van der Waals surface area contributed by atoms with Crippen molar-refractivity contribution in [3.05, 3.63) is 33.8 Å². The Morgan fingerprint density at radius 2 is 2.07 bits per heavy atom. The zero-order valence-corrected chi connectivity index (χ0v) is 9.62. The molecule has 1 unspecified atom stereocenters. The smallest absolute Gasteiger partial charge is 0.242 e. The van der Waals surface area contributed by atoms with E-state index in [1.807, 2.05) is 0 Å². The van der Waals surface area contributed by atoms with Gasteiger partial charge in [-0.3, -0.25) is 4.79 Å². The van der Waals surface area contributed by atoms with E-state index < -0.39 is 5.38 Å². The maximum absolute atomic E-state index is 11.2. The van der Waals surface area contributed by atoms with Crippen molar-refractivity contribution in [2.24, 2.45) is 0 Å². The van der Waals surface area contributed by atoms with E-state index >= 15 is 0 Å². The molecule has 1 N–H and O–H groups in total. The maximum Gasteiger partial charge on any atom is 0.242 e. The van der Waals surface area contributed by atoms with Crippen LogP contribution in [-0.2, 0) is 4.79 Å². The molecule has 0 spiro atoms. The summed E-state index contributed by atoms with van der Waals surface area (Å²) in [5.41, 5.74) is 0.514. The normalized spacial score (nSPS) is 12.3. The van der Waals surface area contributed by atoms with Gasteiger partial charge in [0.15, 0.2) is 0 Å². The Hall–Kier alpha value is -0.440. The minimum absolute atomic E-state index is 0.309. The molecule has 1 atom stereocenters. The average Bonchev–Trinajstić information content (AvgIpc) is 2.20. The Morgan fingerprint density at radius 1 is 1.43 bits per heavy atom. The van der Waals surface area contributed by atoms with Crippen molar-refractivity contribution in [3.8, 4) is 0 Å². The summed E-state index contributed by atoms with van der Waals surface area (Å²) in [5.74, 6) is -0.309. The first-order valence-corrected chi connectivity index (χ1v) is 5.06. The molecule has 0 radical (unpaired) electrons. The number of alkyl halides is 1. The lowest BCUT2D eigenvalue weighted by Gasteiger charge is -2.10. The highest BCUT2D eigenvalue weighted by Gasteiger charge is 2.19. The molecule has 14 heavy (non-hydrogen) atoms. The number of carbonyl (C=O) groups excluding carboxylic acids is 1. The van der Waals surface area contributed by atoms with E-state index in [1.165, 1.54) is 7.05 Å². The summed E-state index contributed by atoms with van der Waals surface area (Å²) in [5, 5.41) is 2.33. The van der Waals surface area contributed by atoms with Crippen LogP contribution in [0.5, 0.6) is 0 Å². The lowest BCUT2D eigenvalue weighted by atomic mass is 10.1. The van der Waals surface area contributed by atoms with Crippen molar-refractivity contribution in [1.82, 2.24) is 5.32 Å². The number of halogens is 3. The van der Waals surface area contributed by atoms with Crippen LogP contribution in [0.1, 0.15) is 10.9 Å². The van der Waals surface area contributed by atoms with E-state index in [0.29, 0.717) is 15.6 Å². The van der Waals surface area contributed by atoms with Gasteiger partial charge in [-0.2, -0.15) is 0 Å². The Balaban J connectivity index is 3.07. The molecule has 0 bridgehead atoms. The van der Waals surface area contributed by atoms with Gasteiger partial charge in [0, 0.05) is 7.05 Å². The van der Waals surface area contributed by atoms with Crippen LogP contribution in [0.4, 0.5) is 0 Å². The molecule has 0 saturated heterocycles. The summed E-state index contributed by atoms with van der Waals surface area (Å²) in [6, 6.07) is 5.00. The molecule has 0 heterocycles. The van der Waals surface area contributed by atoms with Gasteiger partial charge in [-0.25, -0.2) is 0 Å². The summed E-state index contributed by atoms with van der Waals surface area (Å²) < 4.78 is 0. The second kappa shape index (κ2) is 4.87. The van der Waals surface area contributed by atoms with Gasteiger partial charge in [0.05, 0.1) is 10.0 Å². The first-order valence-electron chi connectivity index (χ1n) is 3.87. The van der Waals surface area contributed by atoms with E-state index in [9.17, 15) is 4.79 Å². The highest BCUT2D eigenvalue weighted by molar-refractivity contribution is 6.43. The van der Waals surface area contributed by atoms with Crippen molar-refractivity contribution >= 4 is 40.7 Å². The van der Waals surface area contributed by atoms with Gasteiger partial charge in [-0.15, -0.1) is 11.6 Å². The third-order valence-corrected chi connectivity index (χ3v) is 3.00. The van der Waals surface area contributed by atoms with E-state index in [-0.39, 0.29) is 5.91 Å². The Morgan fingerprint density at radius 3 is 2.64 bits per heavy atom. The molecular weight excluding hydrogens is 244 g/mol. The van der Waals surface area contributed by atoms with Gasteiger partial charge in [0.2, 0.25) is 5.91 Å². The molecule has 0 aromatic heterocycles. The summed E-state index contributed by atoms with van der Waals surface area (Å²) >= 11 is 17.6. The number of benzene rings is 1. The SMILES string of the molecule is CNC(=O)C(Cl)c1cccc(Cl)c1Cl. The molecule has 1 aromatic carbocycles. The Kier molecular flexibility index (Phi) is 4.05. The molecule has 76 valence electrons. The summed E-state index contributed by atoms with van der Waals surface area (Å²) in [4.78, 5) is 11.2. The number of amides is 1. The predicted molar refractivity (Wildman–Crippen MR) is 59.1 cm³/mol. The van der Waals surface area contributed by atoms with E-state index in [0.717, 1.165) is 0 Å². The lowest BCUT2D eigenvalue weighted by Crippen LogP contribution is -2.22. The Bertz CT molecular complexity index is 354. The number of rotatable bonds is 2. The average molecular weight is 253 g/mol. The number of carbonyl (C=O) groups is 1. The molecular formula is C9H8Cl3NO. The number of likely N-dealkylation sites (N-methyl/N-ethyl adjacent to an activating group) is 1. The molecule has 0 aliphatic rings. The van der Waals surface area contributed by atoms with Crippen LogP contribution >= 0.6 is 34.8 Å². The van der Waals surface area contributed by atoms with Gasteiger partial charge < -0.3 is 5.32 Å². The second-order valence-corrected chi connectivity index (χ2v) is 3.84. The van der Waals surface area contributed by atoms with Crippen molar-refractivity contribution in [1.29, 1.82) is 0 Å². The monoisotopic (exact) mass is 251 g/mol. The summed E-state index contributed by atoms with van der Waals surface area (Å²) in [6.07, 6.45) is 0. The molecule has 0 saturated carbocycles. The van der Waals surface area contributed by atoms with E-state index in [2.05, 4.69) is 5.32 Å². The third-order valence-electron chi connectivity index (χ3n) is 1.73. The van der Waals surface area contributed by atoms with Crippen LogP contribution in [-0.4, -0.2) is 13.0 Å². The number of hydrogen-bond acceptors (Lipinski definition) is 1. The Labute approximate surface area is 97.1 Å². The number of hydrogen-bond donors (Lipinski definition) is 1. The predicted octanol–water partition coefficient (Wildman–Crippen LogP) is 3.02. The molecule has 1 aromatic rings. The zero-order chi connectivity index (χ0) is 10.7. The highest BCUT2D eigenvalue weighted by Crippen LogP contribution is 2.32. The topological polar surface area (TPSA) is 29.1 Å². The highest BCUT2D eigenvalue weighted by atomic mass is 35.5. The fourth-order valence-electron chi connectivity index (χ4n) is 0.984. The minimum atomic E-state index is -0.814. The van der Waals surface area contributed by atoms with Gasteiger partial charge >= 0.3 is 0 Å². The standard InChI is InChI=1S/C9H8Cl3NO/c1-13-9(14)8(12)5-3-2-4-6(10)7(5)11/h2-4,8H,1H3,(H,13,14). The first-order chi connectivity index (χ1) is 6.57. The van der Waals surface area contributed by atoms with Gasteiger partial charge in [0.25, 0.3) is 0 Å². The second-order valence-electron chi connectivity index (χ2n) is 2.62. The fourth-order valence-corrected chi connectivity index (χ4v) is 1.75. The molecule has 1 rings (SSSR count). The van der Waals surface area contributed by atoms with Gasteiger partial charge in [-0.05, 0) is 11.6 Å². The van der Waals surface area contributed by atoms with Crippen molar-refractivity contribution < 1.29 is 4.79 Å². The molecule has 0 fully saturated rings. The summed E-state index contributed by atoms with van der Waals surface area (Å²) in [6.45, 7) is 0. The first kappa shape index (κ1) is 11.6. The summed E-state index contributed by atoms with van der Waals surface area (Å²) in [7, 11) is 1.51. The number of nitrogens with one attached hydrogen (secondary N) is 1. The lowest BCUT2D eigenvalue weighted by molar-refractivity contribution is -0.120. The van der Waals surface area contributed by atoms with Crippen LogP contribution < -0.4 is 5.32 Å².